The van der Waals surface area contributed by atoms with Gasteiger partial charge in [0.05, 0.1) is 0 Å². The Morgan fingerprint density at radius 3 is 2.52 bits per heavy atom. The number of nitrogens with zero attached hydrogens (tertiary/aromatic N) is 2. The third kappa shape index (κ3) is 4.82. The molecule has 29 heavy (non-hydrogen) atoms. The van der Waals surface area contributed by atoms with E-state index in [1.807, 2.05) is 29.2 Å². The third-order valence-corrected chi connectivity index (χ3v) is 5.53. The lowest BCUT2D eigenvalue weighted by atomic mass is 10.2. The Morgan fingerprint density at radius 2 is 1.79 bits per heavy atom. The van der Waals surface area contributed by atoms with Crippen molar-refractivity contribution in [2.24, 2.45) is 0 Å². The number of hydrogen-bond donors (Lipinski definition) is 0. The number of carbonyl (C=O) groups excluding carboxylic acids is 1. The van der Waals surface area contributed by atoms with Crippen LogP contribution in [0.1, 0.15) is 21.9 Å². The van der Waals surface area contributed by atoms with Crippen LogP contribution in [-0.4, -0.2) is 37.0 Å². The first-order valence-electron chi connectivity index (χ1n) is 9.66. The number of amides is 1. The molecule has 1 saturated heterocycles. The lowest BCUT2D eigenvalue weighted by Gasteiger charge is -2.35. The summed E-state index contributed by atoms with van der Waals surface area (Å²) in [6.07, 6.45) is 0. The number of anilines is 1. The fourth-order valence-corrected chi connectivity index (χ4v) is 3.67. The van der Waals surface area contributed by atoms with Gasteiger partial charge in [0.2, 0.25) is 0 Å². The fourth-order valence-electron chi connectivity index (χ4n) is 3.40. The average molecular weight is 455 g/mol. The SMILES string of the molecule is Cc1cccc(N2CCN(C(=O)c3ccc(COc4ccc(Br)cc4)o3)CC2)c1. The number of benzene rings is 2. The van der Waals surface area contributed by atoms with E-state index in [0.29, 0.717) is 24.6 Å². The molecule has 6 heteroatoms. The first-order valence-corrected chi connectivity index (χ1v) is 10.5. The van der Waals surface area contributed by atoms with Crippen LogP contribution in [0, 0.1) is 6.92 Å². The number of ether oxygens (including phenoxy) is 1. The standard InChI is InChI=1S/C23H23BrN2O3/c1-17-3-2-4-19(15-17)25-11-13-26(14-12-25)23(27)22-10-9-21(29-22)16-28-20-7-5-18(24)6-8-20/h2-10,15H,11-14,16H2,1H3. The van der Waals surface area contributed by atoms with E-state index >= 15 is 0 Å². The molecule has 0 saturated carbocycles. The van der Waals surface area contributed by atoms with Crippen molar-refractivity contribution in [1.29, 1.82) is 0 Å². The molecule has 0 N–H and O–H groups in total. The molecular weight excluding hydrogens is 432 g/mol. The first kappa shape index (κ1) is 19.6. The Kier molecular flexibility index (Phi) is 5.90. The minimum absolute atomic E-state index is 0.0659. The van der Waals surface area contributed by atoms with Gasteiger partial charge in [-0.15, -0.1) is 0 Å². The van der Waals surface area contributed by atoms with Crippen molar-refractivity contribution in [2.75, 3.05) is 31.1 Å². The van der Waals surface area contributed by atoms with Crippen molar-refractivity contribution in [3.8, 4) is 5.75 Å². The van der Waals surface area contributed by atoms with E-state index in [2.05, 4.69) is 52.0 Å². The number of aryl methyl sites for hydroxylation is 1. The summed E-state index contributed by atoms with van der Waals surface area (Å²) in [5.41, 5.74) is 2.46. The summed E-state index contributed by atoms with van der Waals surface area (Å²) < 4.78 is 12.4. The molecular formula is C23H23BrN2O3. The smallest absolute Gasteiger partial charge is 0.289 e. The van der Waals surface area contributed by atoms with Crippen LogP contribution in [0.15, 0.2) is 69.6 Å². The molecule has 0 unspecified atom stereocenters. The second kappa shape index (κ2) is 8.74. The maximum absolute atomic E-state index is 12.8. The van der Waals surface area contributed by atoms with E-state index < -0.39 is 0 Å². The predicted molar refractivity (Wildman–Crippen MR) is 116 cm³/mol. The molecule has 0 aliphatic carbocycles. The summed E-state index contributed by atoms with van der Waals surface area (Å²) in [5.74, 6) is 1.69. The summed E-state index contributed by atoms with van der Waals surface area (Å²) in [7, 11) is 0. The van der Waals surface area contributed by atoms with E-state index in [1.54, 1.807) is 12.1 Å². The van der Waals surface area contributed by atoms with Gasteiger partial charge in [-0.3, -0.25) is 4.79 Å². The second-order valence-electron chi connectivity index (χ2n) is 7.13. The molecule has 5 nitrogen and oxygen atoms in total. The van der Waals surface area contributed by atoms with Crippen molar-refractivity contribution in [3.63, 3.8) is 0 Å². The van der Waals surface area contributed by atoms with Crippen LogP contribution in [0.25, 0.3) is 0 Å². The number of furan rings is 1. The van der Waals surface area contributed by atoms with Gasteiger partial charge < -0.3 is 19.0 Å². The topological polar surface area (TPSA) is 45.9 Å². The summed E-state index contributed by atoms with van der Waals surface area (Å²) in [4.78, 5) is 17.0. The van der Waals surface area contributed by atoms with E-state index in [1.165, 1.54) is 11.3 Å². The van der Waals surface area contributed by atoms with Crippen LogP contribution < -0.4 is 9.64 Å². The Labute approximate surface area is 179 Å². The molecule has 4 rings (SSSR count). The predicted octanol–water partition coefficient (Wildman–Crippen LogP) is 4.89. The molecule has 2 heterocycles. The Bertz CT molecular complexity index is 976. The normalized spacial score (nSPS) is 14.1. The monoisotopic (exact) mass is 454 g/mol. The third-order valence-electron chi connectivity index (χ3n) is 5.00. The largest absolute Gasteiger partial charge is 0.486 e. The van der Waals surface area contributed by atoms with Crippen LogP contribution in [0.5, 0.6) is 5.75 Å². The van der Waals surface area contributed by atoms with E-state index in [9.17, 15) is 4.79 Å². The highest BCUT2D eigenvalue weighted by molar-refractivity contribution is 9.10. The second-order valence-corrected chi connectivity index (χ2v) is 8.04. The maximum atomic E-state index is 12.8. The van der Waals surface area contributed by atoms with Crippen molar-refractivity contribution in [3.05, 3.63) is 82.2 Å². The van der Waals surface area contributed by atoms with Gasteiger partial charge in [0.15, 0.2) is 5.76 Å². The zero-order chi connectivity index (χ0) is 20.2. The highest BCUT2D eigenvalue weighted by Crippen LogP contribution is 2.21. The molecule has 1 fully saturated rings. The van der Waals surface area contributed by atoms with Gasteiger partial charge >= 0.3 is 0 Å². The van der Waals surface area contributed by atoms with Gasteiger partial charge in [0.25, 0.3) is 5.91 Å². The van der Waals surface area contributed by atoms with Crippen LogP contribution in [0.2, 0.25) is 0 Å². The molecule has 1 aromatic heterocycles. The summed E-state index contributed by atoms with van der Waals surface area (Å²) >= 11 is 3.40. The van der Waals surface area contributed by atoms with Gasteiger partial charge in [0, 0.05) is 36.3 Å². The minimum Gasteiger partial charge on any atom is -0.486 e. The molecule has 0 spiro atoms. The van der Waals surface area contributed by atoms with Crippen molar-refractivity contribution >= 4 is 27.5 Å². The Morgan fingerprint density at radius 1 is 1.03 bits per heavy atom. The van der Waals surface area contributed by atoms with Crippen molar-refractivity contribution < 1.29 is 13.9 Å². The zero-order valence-electron chi connectivity index (χ0n) is 16.3. The molecule has 0 atom stereocenters. The van der Waals surface area contributed by atoms with Crippen LogP contribution in [-0.2, 0) is 6.61 Å². The van der Waals surface area contributed by atoms with Gasteiger partial charge in [-0.2, -0.15) is 0 Å². The number of rotatable bonds is 5. The zero-order valence-corrected chi connectivity index (χ0v) is 17.9. The van der Waals surface area contributed by atoms with Crippen molar-refractivity contribution in [2.45, 2.75) is 13.5 Å². The quantitative estimate of drug-likeness (QED) is 0.550. The lowest BCUT2D eigenvalue weighted by Crippen LogP contribution is -2.48. The lowest BCUT2D eigenvalue weighted by molar-refractivity contribution is 0.0710. The highest BCUT2D eigenvalue weighted by Gasteiger charge is 2.24. The van der Waals surface area contributed by atoms with Gasteiger partial charge in [0.1, 0.15) is 18.1 Å². The fraction of sp³-hybridized carbons (Fsp3) is 0.261. The van der Waals surface area contributed by atoms with Crippen LogP contribution in [0.3, 0.4) is 0 Å². The number of piperazine rings is 1. The van der Waals surface area contributed by atoms with E-state index in [4.69, 9.17) is 9.15 Å². The number of halogens is 1. The minimum atomic E-state index is -0.0659. The van der Waals surface area contributed by atoms with Gasteiger partial charge in [-0.05, 0) is 61.0 Å². The Balaban J connectivity index is 1.31. The molecule has 2 aromatic carbocycles. The summed E-state index contributed by atoms with van der Waals surface area (Å²) in [6.45, 7) is 5.37. The highest BCUT2D eigenvalue weighted by atomic mass is 79.9. The van der Waals surface area contributed by atoms with Gasteiger partial charge in [-0.25, -0.2) is 0 Å². The van der Waals surface area contributed by atoms with E-state index in [0.717, 1.165) is 23.3 Å². The van der Waals surface area contributed by atoms with Crippen LogP contribution in [0.4, 0.5) is 5.69 Å². The molecule has 1 aliphatic heterocycles. The van der Waals surface area contributed by atoms with E-state index in [-0.39, 0.29) is 12.5 Å². The number of carbonyl (C=O) groups is 1. The number of hydrogen-bond acceptors (Lipinski definition) is 4. The summed E-state index contributed by atoms with van der Waals surface area (Å²) in [5, 5.41) is 0. The average Bonchev–Trinajstić information content (AvgIpc) is 3.22. The molecule has 0 bridgehead atoms. The Hall–Kier alpha value is -2.73. The summed E-state index contributed by atoms with van der Waals surface area (Å²) in [6, 6.07) is 19.6. The first-order chi connectivity index (χ1) is 14.1. The van der Waals surface area contributed by atoms with Gasteiger partial charge in [-0.1, -0.05) is 28.1 Å². The molecule has 150 valence electrons. The maximum Gasteiger partial charge on any atom is 0.289 e. The van der Waals surface area contributed by atoms with Crippen molar-refractivity contribution in [1.82, 2.24) is 4.90 Å². The molecule has 0 radical (unpaired) electrons. The van der Waals surface area contributed by atoms with Crippen LogP contribution >= 0.6 is 15.9 Å². The molecule has 1 aliphatic rings. The molecule has 1 amide bonds. The molecule has 3 aromatic rings.